The predicted octanol–water partition coefficient (Wildman–Crippen LogP) is 3.45. The van der Waals surface area contributed by atoms with E-state index in [-0.39, 0.29) is 17.2 Å². The first-order chi connectivity index (χ1) is 11.5. The van der Waals surface area contributed by atoms with Crippen LogP contribution in [0, 0.1) is 0 Å². The molecule has 2 N–H and O–H groups in total. The molecule has 0 bridgehead atoms. The Hall–Kier alpha value is -1.89. The van der Waals surface area contributed by atoms with Gasteiger partial charge in [0.2, 0.25) is 10.0 Å². The second kappa shape index (κ2) is 8.28. The van der Waals surface area contributed by atoms with Gasteiger partial charge in [0.15, 0.2) is 0 Å². The SMILES string of the molecule is CCCc1ccc(C(CNS(=O)(=O)c2ccc(Cl)cc2)=NO)cc1. The van der Waals surface area contributed by atoms with Crippen molar-refractivity contribution in [1.29, 1.82) is 0 Å². The van der Waals surface area contributed by atoms with Crippen molar-refractivity contribution in [3.05, 3.63) is 64.7 Å². The van der Waals surface area contributed by atoms with Crippen molar-refractivity contribution < 1.29 is 13.6 Å². The third kappa shape index (κ3) is 4.80. The monoisotopic (exact) mass is 366 g/mol. The Bertz CT molecular complexity index is 801. The first-order valence-electron chi connectivity index (χ1n) is 7.51. The molecule has 0 unspecified atom stereocenters. The lowest BCUT2D eigenvalue weighted by Crippen LogP contribution is -2.30. The van der Waals surface area contributed by atoms with Gasteiger partial charge in [-0.15, -0.1) is 0 Å². The van der Waals surface area contributed by atoms with E-state index in [1.165, 1.54) is 29.8 Å². The average Bonchev–Trinajstić information content (AvgIpc) is 2.57. The van der Waals surface area contributed by atoms with Gasteiger partial charge in [-0.3, -0.25) is 0 Å². The van der Waals surface area contributed by atoms with E-state index in [1.54, 1.807) is 0 Å². The standard InChI is InChI=1S/C17H19ClN2O3S/c1-2-3-13-4-6-14(7-5-13)17(20-21)12-19-24(22,23)16-10-8-15(18)9-11-16/h4-11,19,21H,2-3,12H2,1H3. The van der Waals surface area contributed by atoms with E-state index in [4.69, 9.17) is 11.6 Å². The summed E-state index contributed by atoms with van der Waals surface area (Å²) in [6.45, 7) is 1.98. The Kier molecular flexibility index (Phi) is 6.36. The van der Waals surface area contributed by atoms with E-state index in [0.29, 0.717) is 10.6 Å². The van der Waals surface area contributed by atoms with Crippen molar-refractivity contribution >= 4 is 27.3 Å². The lowest BCUT2D eigenvalue weighted by molar-refractivity contribution is 0.318. The average molecular weight is 367 g/mol. The van der Waals surface area contributed by atoms with Gasteiger partial charge in [-0.1, -0.05) is 54.4 Å². The van der Waals surface area contributed by atoms with E-state index in [9.17, 15) is 13.6 Å². The molecule has 0 spiro atoms. The van der Waals surface area contributed by atoms with Crippen LogP contribution >= 0.6 is 11.6 Å². The number of hydrogen-bond donors (Lipinski definition) is 2. The van der Waals surface area contributed by atoms with Crippen LogP contribution in [0.25, 0.3) is 0 Å². The molecule has 5 nitrogen and oxygen atoms in total. The van der Waals surface area contributed by atoms with Gasteiger partial charge in [-0.05, 0) is 36.2 Å². The first-order valence-corrected chi connectivity index (χ1v) is 9.38. The molecule has 0 saturated heterocycles. The normalized spacial score (nSPS) is 12.3. The lowest BCUT2D eigenvalue weighted by atomic mass is 10.1. The van der Waals surface area contributed by atoms with Crippen LogP contribution in [0.5, 0.6) is 0 Å². The maximum atomic E-state index is 12.2. The minimum Gasteiger partial charge on any atom is -0.411 e. The molecule has 0 aliphatic heterocycles. The molecule has 0 saturated carbocycles. The Morgan fingerprint density at radius 3 is 2.29 bits per heavy atom. The second-order valence-electron chi connectivity index (χ2n) is 5.27. The van der Waals surface area contributed by atoms with E-state index in [0.717, 1.165) is 12.8 Å². The third-order valence-corrected chi connectivity index (χ3v) is 5.17. The van der Waals surface area contributed by atoms with Crippen LogP contribution in [-0.2, 0) is 16.4 Å². The molecule has 0 aliphatic rings. The van der Waals surface area contributed by atoms with Crippen LogP contribution in [0.2, 0.25) is 5.02 Å². The fourth-order valence-corrected chi connectivity index (χ4v) is 3.32. The summed E-state index contributed by atoms with van der Waals surface area (Å²) in [5, 5.41) is 12.9. The van der Waals surface area contributed by atoms with Gasteiger partial charge in [-0.2, -0.15) is 0 Å². The number of aryl methyl sites for hydroxylation is 1. The second-order valence-corrected chi connectivity index (χ2v) is 7.48. The third-order valence-electron chi connectivity index (χ3n) is 3.50. The number of rotatable bonds is 7. The number of nitrogens with zero attached hydrogens (tertiary/aromatic N) is 1. The minimum absolute atomic E-state index is 0.0995. The zero-order valence-electron chi connectivity index (χ0n) is 13.2. The highest BCUT2D eigenvalue weighted by Gasteiger charge is 2.15. The predicted molar refractivity (Wildman–Crippen MR) is 95.4 cm³/mol. The molecular formula is C17H19ClN2O3S. The first kappa shape index (κ1) is 18.4. The Morgan fingerprint density at radius 2 is 1.75 bits per heavy atom. The summed E-state index contributed by atoms with van der Waals surface area (Å²) in [6, 6.07) is 13.4. The Morgan fingerprint density at radius 1 is 1.12 bits per heavy atom. The maximum absolute atomic E-state index is 12.2. The van der Waals surface area contributed by atoms with Crippen molar-refractivity contribution in [3.8, 4) is 0 Å². The topological polar surface area (TPSA) is 78.8 Å². The summed E-state index contributed by atoms with van der Waals surface area (Å²) in [5.41, 5.74) is 2.09. The molecule has 0 amide bonds. The molecule has 2 aromatic rings. The highest BCUT2D eigenvalue weighted by molar-refractivity contribution is 7.89. The Labute approximate surface area is 147 Å². The van der Waals surface area contributed by atoms with Crippen molar-refractivity contribution in [1.82, 2.24) is 4.72 Å². The zero-order valence-corrected chi connectivity index (χ0v) is 14.8. The van der Waals surface area contributed by atoms with Crippen LogP contribution in [0.4, 0.5) is 0 Å². The molecule has 24 heavy (non-hydrogen) atoms. The number of hydrogen-bond acceptors (Lipinski definition) is 4. The van der Waals surface area contributed by atoms with E-state index >= 15 is 0 Å². The summed E-state index contributed by atoms with van der Waals surface area (Å²) in [7, 11) is -3.71. The van der Waals surface area contributed by atoms with Crippen molar-refractivity contribution in [2.45, 2.75) is 24.7 Å². The number of oxime groups is 1. The summed E-state index contributed by atoms with van der Waals surface area (Å²) in [4.78, 5) is 0.0995. The molecule has 0 atom stereocenters. The minimum atomic E-state index is -3.71. The number of halogens is 1. The van der Waals surface area contributed by atoms with Gasteiger partial charge < -0.3 is 5.21 Å². The maximum Gasteiger partial charge on any atom is 0.240 e. The largest absolute Gasteiger partial charge is 0.411 e. The molecular weight excluding hydrogens is 348 g/mol. The van der Waals surface area contributed by atoms with Gasteiger partial charge in [0, 0.05) is 10.6 Å². The quantitative estimate of drug-likeness (QED) is 0.447. The highest BCUT2D eigenvalue weighted by Crippen LogP contribution is 2.14. The van der Waals surface area contributed by atoms with Crippen molar-refractivity contribution in [2.24, 2.45) is 5.16 Å². The molecule has 0 heterocycles. The van der Waals surface area contributed by atoms with Gasteiger partial charge in [-0.25, -0.2) is 13.1 Å². The van der Waals surface area contributed by atoms with E-state index < -0.39 is 10.0 Å². The zero-order chi connectivity index (χ0) is 17.6. The molecule has 2 rings (SSSR count). The smallest absolute Gasteiger partial charge is 0.240 e. The molecule has 2 aromatic carbocycles. The summed E-state index contributed by atoms with van der Waals surface area (Å²) >= 11 is 5.76. The highest BCUT2D eigenvalue weighted by atomic mass is 35.5. The summed E-state index contributed by atoms with van der Waals surface area (Å²) in [6.07, 6.45) is 2.01. The number of benzene rings is 2. The molecule has 0 radical (unpaired) electrons. The molecule has 0 aliphatic carbocycles. The van der Waals surface area contributed by atoms with Gasteiger partial charge in [0.05, 0.1) is 11.4 Å². The van der Waals surface area contributed by atoms with Crippen LogP contribution in [0.3, 0.4) is 0 Å². The van der Waals surface area contributed by atoms with Crippen molar-refractivity contribution in [3.63, 3.8) is 0 Å². The molecule has 0 fully saturated rings. The van der Waals surface area contributed by atoms with Crippen LogP contribution in [-0.4, -0.2) is 25.9 Å². The van der Waals surface area contributed by atoms with E-state index in [1.807, 2.05) is 24.3 Å². The summed E-state index contributed by atoms with van der Waals surface area (Å²) < 4.78 is 26.9. The summed E-state index contributed by atoms with van der Waals surface area (Å²) in [5.74, 6) is 0. The number of nitrogens with one attached hydrogen (secondary N) is 1. The van der Waals surface area contributed by atoms with Crippen molar-refractivity contribution in [2.75, 3.05) is 6.54 Å². The van der Waals surface area contributed by atoms with E-state index in [2.05, 4.69) is 16.8 Å². The molecule has 0 aromatic heterocycles. The fraction of sp³-hybridized carbons (Fsp3) is 0.235. The Balaban J connectivity index is 2.09. The van der Waals surface area contributed by atoms with Gasteiger partial charge >= 0.3 is 0 Å². The fourth-order valence-electron chi connectivity index (χ4n) is 2.21. The lowest BCUT2D eigenvalue weighted by Gasteiger charge is -2.09. The van der Waals surface area contributed by atoms with Crippen LogP contribution in [0.1, 0.15) is 24.5 Å². The molecule has 128 valence electrons. The van der Waals surface area contributed by atoms with Crippen LogP contribution in [0.15, 0.2) is 58.6 Å². The van der Waals surface area contributed by atoms with Gasteiger partial charge in [0.25, 0.3) is 0 Å². The van der Waals surface area contributed by atoms with Gasteiger partial charge in [0.1, 0.15) is 5.71 Å². The molecule has 7 heteroatoms. The number of sulfonamides is 1. The van der Waals surface area contributed by atoms with Crippen LogP contribution < -0.4 is 4.72 Å².